The molecule has 11 heteroatoms. The van der Waals surface area contributed by atoms with E-state index >= 15 is 0 Å². The maximum Gasteiger partial charge on any atom is 0.241 e. The van der Waals surface area contributed by atoms with E-state index in [9.17, 15) is 18.0 Å². The van der Waals surface area contributed by atoms with Crippen LogP contribution >= 0.6 is 0 Å². The minimum absolute atomic E-state index is 0.0280. The van der Waals surface area contributed by atoms with Crippen LogP contribution in [0.3, 0.4) is 0 Å². The van der Waals surface area contributed by atoms with Crippen molar-refractivity contribution in [3.63, 3.8) is 0 Å². The third kappa shape index (κ3) is 8.02. The number of hydrogen-bond donors (Lipinski definition) is 5. The molecule has 3 rings (SSSR count). The lowest BCUT2D eigenvalue weighted by molar-refractivity contribution is -0.128. The summed E-state index contributed by atoms with van der Waals surface area (Å²) in [5.74, 6) is -1.14. The molecule has 0 aliphatic carbocycles. The molecule has 0 saturated carbocycles. The van der Waals surface area contributed by atoms with Crippen molar-refractivity contribution in [1.82, 2.24) is 15.4 Å². The Kier molecular flexibility index (Phi) is 9.58. The molecule has 0 heterocycles. The molecule has 196 valence electrons. The molecule has 10 nitrogen and oxygen atoms in total. The molecule has 3 aromatic rings. The zero-order valence-corrected chi connectivity index (χ0v) is 21.4. The molecule has 0 saturated heterocycles. The Hall–Kier alpha value is -3.96. The SMILES string of the molecule is CN=C(N)NCCC[C@H](NS(=O)(=O)c1ccc2ccccc2c1)C(=O)N[C@@H](Cc1ccccc1)C(N)=O. The first-order valence-electron chi connectivity index (χ1n) is 11.8. The van der Waals surface area contributed by atoms with Crippen molar-refractivity contribution < 1.29 is 18.0 Å². The number of sulfonamides is 1. The summed E-state index contributed by atoms with van der Waals surface area (Å²) in [4.78, 5) is 29.2. The van der Waals surface area contributed by atoms with E-state index in [4.69, 9.17) is 11.5 Å². The summed E-state index contributed by atoms with van der Waals surface area (Å²) in [6, 6.07) is 19.0. The van der Waals surface area contributed by atoms with Gasteiger partial charge in [0.1, 0.15) is 12.1 Å². The van der Waals surface area contributed by atoms with E-state index < -0.39 is 33.9 Å². The third-order valence-corrected chi connectivity index (χ3v) is 7.27. The van der Waals surface area contributed by atoms with Crippen molar-refractivity contribution in [2.24, 2.45) is 16.5 Å². The number of hydrogen-bond acceptors (Lipinski definition) is 5. The fourth-order valence-corrected chi connectivity index (χ4v) is 5.04. The fraction of sp³-hybridized carbons (Fsp3) is 0.269. The molecule has 2 atom stereocenters. The quantitative estimate of drug-likeness (QED) is 0.135. The highest BCUT2D eigenvalue weighted by atomic mass is 32.2. The Bertz CT molecular complexity index is 1360. The maximum atomic E-state index is 13.3. The van der Waals surface area contributed by atoms with Gasteiger partial charge in [-0.05, 0) is 41.3 Å². The number of primary amides is 1. The van der Waals surface area contributed by atoms with Crippen molar-refractivity contribution in [1.29, 1.82) is 0 Å². The van der Waals surface area contributed by atoms with Crippen LogP contribution in [0.15, 0.2) is 82.7 Å². The zero-order valence-electron chi connectivity index (χ0n) is 20.6. The Morgan fingerprint density at radius 3 is 2.27 bits per heavy atom. The Morgan fingerprint density at radius 1 is 0.919 bits per heavy atom. The molecule has 0 bridgehead atoms. The number of guanidine groups is 1. The lowest BCUT2D eigenvalue weighted by Crippen LogP contribution is -2.53. The van der Waals surface area contributed by atoms with E-state index in [1.807, 2.05) is 54.6 Å². The molecule has 0 spiro atoms. The van der Waals surface area contributed by atoms with Crippen molar-refractivity contribution in [2.45, 2.75) is 36.2 Å². The normalized spacial score (nSPS) is 13.6. The summed E-state index contributed by atoms with van der Waals surface area (Å²) < 4.78 is 29.0. The summed E-state index contributed by atoms with van der Waals surface area (Å²) >= 11 is 0. The van der Waals surface area contributed by atoms with Crippen molar-refractivity contribution in [2.75, 3.05) is 13.6 Å². The van der Waals surface area contributed by atoms with Crippen LogP contribution in [-0.4, -0.2) is 51.9 Å². The van der Waals surface area contributed by atoms with Crippen LogP contribution < -0.4 is 26.8 Å². The lowest BCUT2D eigenvalue weighted by atomic mass is 10.0. The van der Waals surface area contributed by atoms with E-state index in [2.05, 4.69) is 20.3 Å². The van der Waals surface area contributed by atoms with Gasteiger partial charge in [-0.3, -0.25) is 14.6 Å². The number of rotatable bonds is 12. The monoisotopic (exact) mass is 524 g/mol. The first-order valence-corrected chi connectivity index (χ1v) is 13.3. The molecule has 0 unspecified atom stereocenters. The van der Waals surface area contributed by atoms with Gasteiger partial charge in [-0.25, -0.2) is 8.42 Å². The highest BCUT2D eigenvalue weighted by molar-refractivity contribution is 7.89. The van der Waals surface area contributed by atoms with Crippen LogP contribution in [0, 0.1) is 0 Å². The molecule has 0 aliphatic heterocycles. The predicted molar refractivity (Wildman–Crippen MR) is 144 cm³/mol. The zero-order chi connectivity index (χ0) is 26.8. The number of aliphatic imine (C=N–C) groups is 1. The first kappa shape index (κ1) is 27.6. The molecule has 0 fully saturated rings. The highest BCUT2D eigenvalue weighted by Crippen LogP contribution is 2.19. The maximum absolute atomic E-state index is 13.3. The van der Waals surface area contributed by atoms with Gasteiger partial charge in [-0.15, -0.1) is 0 Å². The van der Waals surface area contributed by atoms with Crippen molar-refractivity contribution >= 4 is 38.6 Å². The number of carbonyl (C=O) groups is 2. The van der Waals surface area contributed by atoms with E-state index in [0.717, 1.165) is 16.3 Å². The second kappa shape index (κ2) is 12.8. The third-order valence-electron chi connectivity index (χ3n) is 5.80. The number of carbonyl (C=O) groups excluding carboxylic acids is 2. The average molecular weight is 525 g/mol. The Balaban J connectivity index is 1.79. The van der Waals surface area contributed by atoms with Crippen LogP contribution in [0.25, 0.3) is 10.8 Å². The molecule has 37 heavy (non-hydrogen) atoms. The van der Waals surface area contributed by atoms with Gasteiger partial charge in [0.25, 0.3) is 0 Å². The highest BCUT2D eigenvalue weighted by Gasteiger charge is 2.28. The van der Waals surface area contributed by atoms with Gasteiger partial charge in [-0.1, -0.05) is 60.7 Å². The molecule has 7 N–H and O–H groups in total. The van der Waals surface area contributed by atoms with Crippen LogP contribution in [0.2, 0.25) is 0 Å². The number of nitrogens with one attached hydrogen (secondary N) is 3. The molecule has 0 aromatic heterocycles. The van der Waals surface area contributed by atoms with Gasteiger partial charge in [0.15, 0.2) is 5.96 Å². The van der Waals surface area contributed by atoms with Gasteiger partial charge >= 0.3 is 0 Å². The molecule has 3 aromatic carbocycles. The summed E-state index contributed by atoms with van der Waals surface area (Å²) in [5, 5.41) is 7.14. The minimum atomic E-state index is -4.06. The molecule has 0 radical (unpaired) electrons. The van der Waals surface area contributed by atoms with E-state index in [1.54, 1.807) is 12.1 Å². The molecule has 2 amide bonds. The second-order valence-electron chi connectivity index (χ2n) is 8.51. The fourth-order valence-electron chi connectivity index (χ4n) is 3.78. The smallest absolute Gasteiger partial charge is 0.241 e. The topological polar surface area (TPSA) is 169 Å². The van der Waals surface area contributed by atoms with Crippen LogP contribution in [-0.2, 0) is 26.0 Å². The molecule has 0 aliphatic rings. The van der Waals surface area contributed by atoms with Crippen LogP contribution in [0.5, 0.6) is 0 Å². The summed E-state index contributed by atoms with van der Waals surface area (Å²) in [6.07, 6.45) is 0.713. The predicted octanol–water partition coefficient (Wildman–Crippen LogP) is 1.01. The standard InChI is InChI=1S/C26H32N6O4S/c1-29-26(28)30-15-7-12-22(25(34)31-23(24(27)33)16-18-8-3-2-4-9-18)32-37(35,36)21-14-13-19-10-5-6-11-20(19)17-21/h2-6,8-11,13-14,17,22-23,32H,7,12,15-16H2,1H3,(H2,27,33)(H,31,34)(H3,28,29,30)/t22-,23-/m0/s1. The summed E-state index contributed by atoms with van der Waals surface area (Å²) in [6.45, 7) is 0.369. The van der Waals surface area contributed by atoms with Gasteiger partial charge in [-0.2, -0.15) is 4.72 Å². The number of fused-ring (bicyclic) bond motifs is 1. The number of nitrogens with two attached hydrogens (primary N) is 2. The van der Waals surface area contributed by atoms with Crippen LogP contribution in [0.4, 0.5) is 0 Å². The Labute approximate surface area is 216 Å². The number of benzene rings is 3. The molecular weight excluding hydrogens is 492 g/mol. The second-order valence-corrected chi connectivity index (χ2v) is 10.2. The Morgan fingerprint density at radius 2 is 1.59 bits per heavy atom. The summed E-state index contributed by atoms with van der Waals surface area (Å²) in [7, 11) is -2.53. The largest absolute Gasteiger partial charge is 0.370 e. The van der Waals surface area contributed by atoms with Crippen molar-refractivity contribution in [3.8, 4) is 0 Å². The van der Waals surface area contributed by atoms with Gasteiger partial charge in [0, 0.05) is 20.0 Å². The first-order chi connectivity index (χ1) is 17.7. The van der Waals surface area contributed by atoms with Gasteiger partial charge < -0.3 is 22.1 Å². The van der Waals surface area contributed by atoms with E-state index in [1.165, 1.54) is 13.1 Å². The average Bonchev–Trinajstić information content (AvgIpc) is 2.89. The van der Waals surface area contributed by atoms with E-state index in [0.29, 0.717) is 13.0 Å². The van der Waals surface area contributed by atoms with Crippen LogP contribution in [0.1, 0.15) is 18.4 Å². The number of amides is 2. The minimum Gasteiger partial charge on any atom is -0.370 e. The van der Waals surface area contributed by atoms with Gasteiger partial charge in [0.2, 0.25) is 21.8 Å². The molecular formula is C26H32N6O4S. The van der Waals surface area contributed by atoms with Gasteiger partial charge in [0.05, 0.1) is 4.90 Å². The van der Waals surface area contributed by atoms with Crippen molar-refractivity contribution in [3.05, 3.63) is 78.4 Å². The lowest BCUT2D eigenvalue weighted by Gasteiger charge is -2.22. The summed E-state index contributed by atoms with van der Waals surface area (Å²) in [5.41, 5.74) is 12.0. The number of nitrogens with zero attached hydrogens (tertiary/aromatic N) is 1. The van der Waals surface area contributed by atoms with E-state index in [-0.39, 0.29) is 23.7 Å².